The monoisotopic (exact) mass is 480 g/mol. The number of halogens is 1. The van der Waals surface area contributed by atoms with Gasteiger partial charge >= 0.3 is 0 Å². The van der Waals surface area contributed by atoms with Crippen molar-refractivity contribution in [2.24, 2.45) is 4.99 Å². The van der Waals surface area contributed by atoms with Gasteiger partial charge in [-0.2, -0.15) is 4.31 Å². The Balaban J connectivity index is 0.00000312. The topological polar surface area (TPSA) is 56.2 Å². The zero-order chi connectivity index (χ0) is 17.7. The van der Waals surface area contributed by atoms with Crippen LogP contribution in [0.25, 0.3) is 0 Å². The Labute approximate surface area is 169 Å². The molecule has 142 valence electrons. The number of sulfonamides is 1. The first-order valence-corrected chi connectivity index (χ1v) is 9.74. The number of nitrogens with zero attached hydrogens (tertiary/aromatic N) is 4. The predicted molar refractivity (Wildman–Crippen MR) is 113 cm³/mol. The van der Waals surface area contributed by atoms with Crippen LogP contribution in [0.3, 0.4) is 0 Å². The van der Waals surface area contributed by atoms with Crippen molar-refractivity contribution in [3.8, 4) is 0 Å². The van der Waals surface area contributed by atoms with Crippen LogP contribution in [0.5, 0.6) is 0 Å². The Bertz CT molecular complexity index is 656. The van der Waals surface area contributed by atoms with Gasteiger partial charge in [-0.3, -0.25) is 0 Å². The van der Waals surface area contributed by atoms with Crippen LogP contribution < -0.4 is 0 Å². The molecule has 1 aliphatic heterocycles. The molecule has 0 unspecified atom stereocenters. The van der Waals surface area contributed by atoms with E-state index in [2.05, 4.69) is 4.99 Å². The van der Waals surface area contributed by atoms with Crippen LogP contribution in [0.4, 0.5) is 0 Å². The Morgan fingerprint density at radius 3 is 2.00 bits per heavy atom. The summed E-state index contributed by atoms with van der Waals surface area (Å²) in [6.45, 7) is 1.78. The Kier molecular flexibility index (Phi) is 8.62. The smallest absolute Gasteiger partial charge is 0.243 e. The highest BCUT2D eigenvalue weighted by Crippen LogP contribution is 2.21. The average Bonchev–Trinajstić information content (AvgIpc) is 2.55. The van der Waals surface area contributed by atoms with Gasteiger partial charge in [-0.25, -0.2) is 13.4 Å². The summed E-state index contributed by atoms with van der Waals surface area (Å²) in [6.07, 6.45) is 3.01. The zero-order valence-electron chi connectivity index (χ0n) is 15.5. The maximum Gasteiger partial charge on any atom is 0.243 e. The van der Waals surface area contributed by atoms with E-state index in [0.29, 0.717) is 24.5 Å². The molecule has 1 aliphatic rings. The van der Waals surface area contributed by atoms with Gasteiger partial charge in [0.25, 0.3) is 0 Å². The zero-order valence-corrected chi connectivity index (χ0v) is 18.6. The Morgan fingerprint density at radius 1 is 1.00 bits per heavy atom. The Morgan fingerprint density at radius 2 is 1.52 bits per heavy atom. The predicted octanol–water partition coefficient (Wildman–Crippen LogP) is 2.46. The lowest BCUT2D eigenvalue weighted by molar-refractivity contribution is 0.346. The number of piperidine rings is 1. The van der Waals surface area contributed by atoms with Crippen LogP contribution in [-0.4, -0.2) is 69.8 Å². The van der Waals surface area contributed by atoms with Gasteiger partial charge in [-0.15, -0.1) is 24.0 Å². The Hall–Kier alpha value is -0.870. The highest BCUT2D eigenvalue weighted by atomic mass is 127. The molecule has 0 N–H and O–H groups in total. The van der Waals surface area contributed by atoms with E-state index in [9.17, 15) is 8.42 Å². The molecule has 8 heteroatoms. The minimum atomic E-state index is -3.36. The third-order valence-electron chi connectivity index (χ3n) is 4.08. The molecule has 2 rings (SSSR count). The van der Waals surface area contributed by atoms with Crippen molar-refractivity contribution in [2.75, 3.05) is 41.3 Å². The summed E-state index contributed by atoms with van der Waals surface area (Å²) in [4.78, 5) is 8.86. The van der Waals surface area contributed by atoms with Gasteiger partial charge < -0.3 is 9.80 Å². The molecule has 6 nitrogen and oxygen atoms in total. The van der Waals surface area contributed by atoms with E-state index in [4.69, 9.17) is 0 Å². The fourth-order valence-electron chi connectivity index (χ4n) is 2.87. The van der Waals surface area contributed by atoms with Gasteiger partial charge in [0.15, 0.2) is 5.96 Å². The van der Waals surface area contributed by atoms with Gasteiger partial charge in [-0.1, -0.05) is 18.6 Å². The molecule has 0 saturated carbocycles. The summed E-state index contributed by atoms with van der Waals surface area (Å²) < 4.78 is 26.9. The molecule has 1 saturated heterocycles. The average molecular weight is 480 g/mol. The molecule has 0 bridgehead atoms. The maximum atomic E-state index is 12.6. The summed E-state index contributed by atoms with van der Waals surface area (Å²) >= 11 is 0. The minimum absolute atomic E-state index is 0. The van der Waals surface area contributed by atoms with E-state index in [0.717, 1.165) is 30.8 Å². The van der Waals surface area contributed by atoms with Crippen LogP contribution in [0.1, 0.15) is 24.8 Å². The van der Waals surface area contributed by atoms with Crippen molar-refractivity contribution >= 4 is 40.0 Å². The molecule has 0 spiro atoms. The number of hydrogen-bond donors (Lipinski definition) is 0. The largest absolute Gasteiger partial charge is 0.349 e. The first kappa shape index (κ1) is 22.2. The third-order valence-corrected chi connectivity index (χ3v) is 5.99. The molecule has 1 aromatic rings. The normalized spacial score (nSPS) is 15.2. The molecule has 0 atom stereocenters. The fraction of sp³-hybridized carbons (Fsp3) is 0.588. The number of guanidine groups is 1. The molecule has 0 amide bonds. The maximum absolute atomic E-state index is 12.6. The highest BCUT2D eigenvalue weighted by Gasteiger charge is 2.25. The summed E-state index contributed by atoms with van der Waals surface area (Å²) in [5.74, 6) is 0.875. The van der Waals surface area contributed by atoms with Crippen LogP contribution >= 0.6 is 24.0 Å². The minimum Gasteiger partial charge on any atom is -0.349 e. The lowest BCUT2D eigenvalue weighted by Gasteiger charge is -2.25. The van der Waals surface area contributed by atoms with Crippen molar-refractivity contribution in [1.29, 1.82) is 0 Å². The molecule has 1 heterocycles. The fourth-order valence-corrected chi connectivity index (χ4v) is 4.38. The number of rotatable bonds is 4. The van der Waals surface area contributed by atoms with Crippen LogP contribution in [0, 0.1) is 0 Å². The second-order valence-corrected chi connectivity index (χ2v) is 8.45. The lowest BCUT2D eigenvalue weighted by Crippen LogP contribution is -2.35. The summed E-state index contributed by atoms with van der Waals surface area (Å²) in [5, 5.41) is 0. The molecule has 1 fully saturated rings. The highest BCUT2D eigenvalue weighted by molar-refractivity contribution is 14.0. The van der Waals surface area contributed by atoms with Crippen molar-refractivity contribution in [2.45, 2.75) is 30.7 Å². The van der Waals surface area contributed by atoms with Gasteiger partial charge in [0.2, 0.25) is 10.0 Å². The van der Waals surface area contributed by atoms with Crippen molar-refractivity contribution < 1.29 is 8.42 Å². The first-order valence-electron chi connectivity index (χ1n) is 8.30. The number of aliphatic imine (C=N–C) groups is 1. The number of benzene rings is 1. The van der Waals surface area contributed by atoms with Gasteiger partial charge in [0.1, 0.15) is 0 Å². The van der Waals surface area contributed by atoms with Crippen LogP contribution in [-0.2, 0) is 16.6 Å². The molecule has 0 radical (unpaired) electrons. The number of hydrogen-bond acceptors (Lipinski definition) is 3. The molecule has 25 heavy (non-hydrogen) atoms. The second-order valence-electron chi connectivity index (χ2n) is 6.51. The van der Waals surface area contributed by atoms with Crippen molar-refractivity contribution in [3.05, 3.63) is 29.8 Å². The van der Waals surface area contributed by atoms with E-state index in [1.165, 1.54) is 0 Å². The van der Waals surface area contributed by atoms with Crippen LogP contribution in [0.15, 0.2) is 34.2 Å². The molecular weight excluding hydrogens is 451 g/mol. The van der Waals surface area contributed by atoms with E-state index in [1.807, 2.05) is 50.1 Å². The SMILES string of the molecule is CN(C)C(=NCc1ccc(S(=O)(=O)N2CCCCC2)cc1)N(C)C.I. The second kappa shape index (κ2) is 9.72. The summed E-state index contributed by atoms with van der Waals surface area (Å²) in [5.41, 5.74) is 0.994. The van der Waals surface area contributed by atoms with Crippen molar-refractivity contribution in [3.63, 3.8) is 0 Å². The molecule has 1 aromatic carbocycles. The lowest BCUT2D eigenvalue weighted by atomic mass is 10.2. The van der Waals surface area contributed by atoms with Gasteiger partial charge in [-0.05, 0) is 30.5 Å². The standard InChI is InChI=1S/C17H28N4O2S.HI/c1-19(2)17(20(3)4)18-14-15-8-10-16(11-9-15)24(22,23)21-12-6-5-7-13-21;/h8-11H,5-7,12-14H2,1-4H3;1H. The van der Waals surface area contributed by atoms with Crippen LogP contribution in [0.2, 0.25) is 0 Å². The molecular formula is C17H29IN4O2S. The first-order chi connectivity index (χ1) is 11.3. The van der Waals surface area contributed by atoms with E-state index < -0.39 is 10.0 Å². The third kappa shape index (κ3) is 5.82. The van der Waals surface area contributed by atoms with Crippen molar-refractivity contribution in [1.82, 2.24) is 14.1 Å². The van der Waals surface area contributed by atoms with E-state index >= 15 is 0 Å². The summed E-state index contributed by atoms with van der Waals surface area (Å²) in [6, 6.07) is 7.09. The molecule has 0 aliphatic carbocycles. The molecule has 0 aromatic heterocycles. The van der Waals surface area contributed by atoms with Gasteiger partial charge in [0.05, 0.1) is 11.4 Å². The van der Waals surface area contributed by atoms with E-state index in [-0.39, 0.29) is 24.0 Å². The quantitative estimate of drug-likeness (QED) is 0.378. The van der Waals surface area contributed by atoms with Gasteiger partial charge in [0, 0.05) is 41.3 Å². The summed E-state index contributed by atoms with van der Waals surface area (Å²) in [7, 11) is 4.45. The van der Waals surface area contributed by atoms with E-state index in [1.54, 1.807) is 16.4 Å².